The average molecular weight is 429 g/mol. The zero-order valence-electron chi connectivity index (χ0n) is 19.3. The first-order valence-electron chi connectivity index (χ1n) is 10.8. The maximum Gasteiger partial charge on any atom is 0.186 e. The maximum atomic E-state index is 13.9. The van der Waals surface area contributed by atoms with Gasteiger partial charge in [-0.1, -0.05) is 76.2 Å². The molecule has 0 atom stereocenters. The van der Waals surface area contributed by atoms with E-state index in [4.69, 9.17) is 22.3 Å². The lowest BCUT2D eigenvalue weighted by Crippen LogP contribution is -2.22. The SMILES string of the molecule is CC1(C)CCC(C)(C)/C(=C/c2ccc(C(=N)N)cc2)C(=O)/C1=C\c1ccc(C(=N)N)cc1. The molecule has 0 aromatic heterocycles. The molecule has 0 bridgehead atoms. The summed E-state index contributed by atoms with van der Waals surface area (Å²) in [7, 11) is 0. The molecule has 1 aliphatic carbocycles. The Kier molecular flexibility index (Phi) is 6.22. The first-order chi connectivity index (χ1) is 14.9. The van der Waals surface area contributed by atoms with Gasteiger partial charge in [-0.25, -0.2) is 0 Å². The molecule has 0 saturated heterocycles. The van der Waals surface area contributed by atoms with Crippen LogP contribution >= 0.6 is 0 Å². The van der Waals surface area contributed by atoms with Crippen LogP contribution in [0.25, 0.3) is 12.2 Å². The minimum absolute atomic E-state index is 0.0258. The summed E-state index contributed by atoms with van der Waals surface area (Å²) >= 11 is 0. The molecule has 2 aromatic carbocycles. The van der Waals surface area contributed by atoms with Crippen LogP contribution in [-0.2, 0) is 4.79 Å². The van der Waals surface area contributed by atoms with Crippen LogP contribution in [-0.4, -0.2) is 17.5 Å². The van der Waals surface area contributed by atoms with Crippen molar-refractivity contribution >= 4 is 29.6 Å². The monoisotopic (exact) mass is 428 g/mol. The third-order valence-electron chi connectivity index (χ3n) is 6.39. The zero-order valence-corrected chi connectivity index (χ0v) is 19.3. The highest BCUT2D eigenvalue weighted by molar-refractivity contribution is 6.15. The molecule has 1 saturated carbocycles. The molecule has 0 aliphatic heterocycles. The standard InChI is InChI=1S/C27H32N4O/c1-26(2)13-14-27(3,4)22(16-18-7-11-20(12-8-18)25(30)31)23(32)21(26)15-17-5-9-19(10-6-17)24(28)29/h5-12,15-16H,13-14H2,1-4H3,(H3,28,29)(H3,30,31)/b21-15+,22-16+. The summed E-state index contributed by atoms with van der Waals surface area (Å²) in [6.45, 7) is 8.51. The minimum Gasteiger partial charge on any atom is -0.384 e. The van der Waals surface area contributed by atoms with Crippen molar-refractivity contribution in [2.45, 2.75) is 40.5 Å². The second-order valence-electron chi connectivity index (χ2n) is 9.78. The van der Waals surface area contributed by atoms with Gasteiger partial charge in [0.25, 0.3) is 0 Å². The molecule has 0 heterocycles. The molecule has 2 aromatic rings. The number of carbonyl (C=O) groups is 1. The van der Waals surface area contributed by atoms with Gasteiger partial charge < -0.3 is 11.5 Å². The van der Waals surface area contributed by atoms with Gasteiger partial charge in [-0.3, -0.25) is 15.6 Å². The topological polar surface area (TPSA) is 117 Å². The molecule has 32 heavy (non-hydrogen) atoms. The number of hydrogen-bond acceptors (Lipinski definition) is 3. The highest BCUT2D eigenvalue weighted by Crippen LogP contribution is 2.47. The number of nitrogens with two attached hydrogens (primary N) is 2. The van der Waals surface area contributed by atoms with Crippen molar-refractivity contribution in [3.63, 3.8) is 0 Å². The summed E-state index contributed by atoms with van der Waals surface area (Å²) in [5, 5.41) is 15.2. The molecule has 3 rings (SSSR count). The number of ketones is 1. The Balaban J connectivity index is 2.08. The van der Waals surface area contributed by atoms with Gasteiger partial charge in [-0.05, 0) is 47.0 Å². The van der Waals surface area contributed by atoms with Crippen molar-refractivity contribution in [2.24, 2.45) is 22.3 Å². The Labute approximate surface area is 190 Å². The van der Waals surface area contributed by atoms with Crippen molar-refractivity contribution < 1.29 is 4.79 Å². The Hall–Kier alpha value is -3.47. The maximum absolute atomic E-state index is 13.9. The van der Waals surface area contributed by atoms with E-state index in [1.54, 1.807) is 24.3 Å². The Morgan fingerprint density at radius 2 is 1.03 bits per heavy atom. The quantitative estimate of drug-likeness (QED) is 0.234. The van der Waals surface area contributed by atoms with Crippen LogP contribution in [0.15, 0.2) is 59.7 Å². The van der Waals surface area contributed by atoms with Crippen LogP contribution in [0.1, 0.15) is 62.8 Å². The second kappa shape index (κ2) is 8.58. The van der Waals surface area contributed by atoms with Gasteiger partial charge in [0.05, 0.1) is 0 Å². The smallest absolute Gasteiger partial charge is 0.186 e. The number of Topliss-reactive ketones (excluding diaryl/α,β-unsaturated/α-hetero) is 1. The Morgan fingerprint density at radius 1 is 0.719 bits per heavy atom. The van der Waals surface area contributed by atoms with E-state index in [1.165, 1.54) is 0 Å². The summed E-state index contributed by atoms with van der Waals surface area (Å²) < 4.78 is 0. The first kappa shape index (κ1) is 23.2. The number of hydrogen-bond donors (Lipinski definition) is 4. The van der Waals surface area contributed by atoms with E-state index >= 15 is 0 Å². The molecule has 0 amide bonds. The molecule has 1 fully saturated rings. The fraction of sp³-hybridized carbons (Fsp3) is 0.296. The van der Waals surface area contributed by atoms with Crippen molar-refractivity contribution in [3.8, 4) is 0 Å². The van der Waals surface area contributed by atoms with E-state index in [0.29, 0.717) is 11.1 Å². The van der Waals surface area contributed by atoms with Crippen LogP contribution in [0.5, 0.6) is 0 Å². The molecule has 1 aliphatic rings. The first-order valence-corrected chi connectivity index (χ1v) is 10.8. The predicted octanol–water partition coefficient (Wildman–Crippen LogP) is 5.14. The van der Waals surface area contributed by atoms with Crippen molar-refractivity contribution in [3.05, 3.63) is 81.9 Å². The number of nitrogens with one attached hydrogen (secondary N) is 2. The van der Waals surface area contributed by atoms with Gasteiger partial charge in [-0.2, -0.15) is 0 Å². The van der Waals surface area contributed by atoms with Crippen molar-refractivity contribution in [1.82, 2.24) is 0 Å². The van der Waals surface area contributed by atoms with Crippen LogP contribution in [0.2, 0.25) is 0 Å². The number of carbonyl (C=O) groups excluding carboxylic acids is 1. The van der Waals surface area contributed by atoms with Crippen LogP contribution < -0.4 is 11.5 Å². The Bertz CT molecular complexity index is 1030. The summed E-state index contributed by atoms with van der Waals surface area (Å²) in [5.41, 5.74) is 15.3. The Morgan fingerprint density at radius 3 is 1.31 bits per heavy atom. The van der Waals surface area contributed by atoms with E-state index in [1.807, 2.05) is 36.4 Å². The van der Waals surface area contributed by atoms with E-state index < -0.39 is 0 Å². The largest absolute Gasteiger partial charge is 0.384 e. The molecular formula is C27H32N4O. The highest BCUT2D eigenvalue weighted by Gasteiger charge is 2.40. The molecule has 0 unspecified atom stereocenters. The lowest BCUT2D eigenvalue weighted by atomic mass is 9.78. The number of nitrogen functional groups attached to an aromatic ring is 2. The summed E-state index contributed by atoms with van der Waals surface area (Å²) in [4.78, 5) is 13.9. The van der Waals surface area contributed by atoms with Gasteiger partial charge in [0.1, 0.15) is 11.7 Å². The van der Waals surface area contributed by atoms with Crippen molar-refractivity contribution in [1.29, 1.82) is 10.8 Å². The van der Waals surface area contributed by atoms with Crippen LogP contribution in [0.3, 0.4) is 0 Å². The van der Waals surface area contributed by atoms with E-state index in [2.05, 4.69) is 27.7 Å². The summed E-state index contributed by atoms with van der Waals surface area (Å²) in [6.07, 6.45) is 5.73. The summed E-state index contributed by atoms with van der Waals surface area (Å²) in [6, 6.07) is 14.8. The zero-order chi connectivity index (χ0) is 23.7. The predicted molar refractivity (Wildman–Crippen MR) is 133 cm³/mol. The lowest BCUT2D eigenvalue weighted by Gasteiger charge is -2.26. The van der Waals surface area contributed by atoms with E-state index in [0.717, 1.165) is 35.1 Å². The lowest BCUT2D eigenvalue weighted by molar-refractivity contribution is -0.113. The van der Waals surface area contributed by atoms with E-state index in [-0.39, 0.29) is 28.3 Å². The van der Waals surface area contributed by atoms with Crippen LogP contribution in [0.4, 0.5) is 0 Å². The number of rotatable bonds is 4. The molecule has 5 heteroatoms. The molecular weight excluding hydrogens is 396 g/mol. The van der Waals surface area contributed by atoms with Gasteiger partial charge in [-0.15, -0.1) is 0 Å². The van der Waals surface area contributed by atoms with Gasteiger partial charge in [0, 0.05) is 22.3 Å². The fourth-order valence-corrected chi connectivity index (χ4v) is 4.03. The number of amidine groups is 2. The number of benzene rings is 2. The van der Waals surface area contributed by atoms with Crippen LogP contribution in [0, 0.1) is 21.6 Å². The third-order valence-corrected chi connectivity index (χ3v) is 6.39. The van der Waals surface area contributed by atoms with Gasteiger partial charge in [0.2, 0.25) is 0 Å². The minimum atomic E-state index is -0.276. The van der Waals surface area contributed by atoms with Crippen molar-refractivity contribution in [2.75, 3.05) is 0 Å². The van der Waals surface area contributed by atoms with Gasteiger partial charge in [0.15, 0.2) is 5.78 Å². The molecule has 0 radical (unpaired) electrons. The van der Waals surface area contributed by atoms with E-state index in [9.17, 15) is 4.79 Å². The fourth-order valence-electron chi connectivity index (χ4n) is 4.03. The van der Waals surface area contributed by atoms with Gasteiger partial charge >= 0.3 is 0 Å². The number of allylic oxidation sites excluding steroid dienone is 2. The second-order valence-corrected chi connectivity index (χ2v) is 9.78. The molecule has 0 spiro atoms. The average Bonchev–Trinajstić information content (AvgIpc) is 2.79. The highest BCUT2D eigenvalue weighted by atomic mass is 16.1. The summed E-state index contributed by atoms with van der Waals surface area (Å²) in [5.74, 6) is 0.111. The molecule has 6 N–H and O–H groups in total. The normalized spacial score (nSPS) is 20.2. The molecule has 166 valence electrons. The molecule has 5 nitrogen and oxygen atoms in total. The third kappa shape index (κ3) is 4.88.